The molecule has 0 aliphatic carbocycles. The molecular formula is C19H21Cl2N9O2. The largest absolute Gasteiger partial charge is 0.378 e. The summed E-state index contributed by atoms with van der Waals surface area (Å²) in [4.78, 5) is 15.2. The molecule has 32 heavy (non-hydrogen) atoms. The van der Waals surface area contributed by atoms with Crippen molar-refractivity contribution in [2.45, 2.75) is 32.7 Å². The number of amides is 1. The summed E-state index contributed by atoms with van der Waals surface area (Å²) in [7, 11) is 0. The second-order valence-electron chi connectivity index (χ2n) is 7.37. The Kier molecular flexibility index (Phi) is 6.68. The Labute approximate surface area is 193 Å². The minimum atomic E-state index is -0.516. The number of anilines is 1. The van der Waals surface area contributed by atoms with Gasteiger partial charge < -0.3 is 5.73 Å². The van der Waals surface area contributed by atoms with E-state index in [0.717, 1.165) is 31.5 Å². The maximum atomic E-state index is 12.9. The van der Waals surface area contributed by atoms with Crippen LogP contribution in [0.4, 0.5) is 5.82 Å². The summed E-state index contributed by atoms with van der Waals surface area (Å²) in [6.07, 6.45) is 3.36. The number of carbonyl (C=O) groups is 1. The Balaban J connectivity index is 1.60. The smallest absolute Gasteiger partial charge is 0.293 e. The van der Waals surface area contributed by atoms with Gasteiger partial charge in [-0.15, -0.1) is 5.10 Å². The average molecular weight is 478 g/mol. The van der Waals surface area contributed by atoms with Gasteiger partial charge in [-0.05, 0) is 60.9 Å². The third kappa shape index (κ3) is 4.74. The molecule has 1 amide bonds. The van der Waals surface area contributed by atoms with E-state index in [1.54, 1.807) is 25.1 Å². The van der Waals surface area contributed by atoms with Crippen molar-refractivity contribution in [3.8, 4) is 5.82 Å². The number of nitrogen functional groups attached to an aromatic ring is 1. The Morgan fingerprint density at radius 3 is 2.69 bits per heavy atom. The molecule has 0 saturated carbocycles. The van der Waals surface area contributed by atoms with Gasteiger partial charge in [-0.1, -0.05) is 40.9 Å². The lowest BCUT2D eigenvalue weighted by Gasteiger charge is -2.26. The minimum absolute atomic E-state index is 0.0511. The normalized spacial score (nSPS) is 15.2. The lowest BCUT2D eigenvalue weighted by Crippen LogP contribution is -2.31. The highest BCUT2D eigenvalue weighted by Gasteiger charge is 2.26. The topological polar surface area (TPSA) is 140 Å². The molecule has 1 saturated heterocycles. The van der Waals surface area contributed by atoms with Gasteiger partial charge >= 0.3 is 0 Å². The van der Waals surface area contributed by atoms with Gasteiger partial charge in [0, 0.05) is 6.54 Å². The summed E-state index contributed by atoms with van der Waals surface area (Å²) < 4.78 is 6.07. The Bertz CT molecular complexity index is 1150. The van der Waals surface area contributed by atoms with E-state index in [2.05, 4.69) is 36.1 Å². The first kappa shape index (κ1) is 22.2. The quantitative estimate of drug-likeness (QED) is 0.407. The van der Waals surface area contributed by atoms with Crippen LogP contribution in [0, 0.1) is 0 Å². The second kappa shape index (κ2) is 9.63. The monoisotopic (exact) mass is 477 g/mol. The van der Waals surface area contributed by atoms with Crippen molar-refractivity contribution in [3.05, 3.63) is 45.2 Å². The molecule has 0 spiro atoms. The van der Waals surface area contributed by atoms with E-state index in [-0.39, 0.29) is 17.3 Å². The van der Waals surface area contributed by atoms with E-state index in [0.29, 0.717) is 28.0 Å². The van der Waals surface area contributed by atoms with Crippen molar-refractivity contribution in [1.82, 2.24) is 35.6 Å². The zero-order valence-corrected chi connectivity index (χ0v) is 18.8. The van der Waals surface area contributed by atoms with Gasteiger partial charge in [0.25, 0.3) is 5.91 Å². The number of aromatic nitrogens is 5. The molecule has 13 heteroatoms. The van der Waals surface area contributed by atoms with E-state index in [1.165, 1.54) is 11.1 Å². The van der Waals surface area contributed by atoms with E-state index >= 15 is 0 Å². The summed E-state index contributed by atoms with van der Waals surface area (Å²) >= 11 is 12.0. The fourth-order valence-electron chi connectivity index (χ4n) is 3.43. The van der Waals surface area contributed by atoms with Crippen LogP contribution >= 0.6 is 23.2 Å². The van der Waals surface area contributed by atoms with Crippen LogP contribution in [0.3, 0.4) is 0 Å². The molecule has 0 atom stereocenters. The molecule has 11 nitrogen and oxygen atoms in total. The van der Waals surface area contributed by atoms with Gasteiger partial charge in [0.2, 0.25) is 11.6 Å². The first-order valence-electron chi connectivity index (χ1n) is 9.99. The lowest BCUT2D eigenvalue weighted by atomic mass is 10.1. The highest BCUT2D eigenvalue weighted by atomic mass is 35.5. The van der Waals surface area contributed by atoms with E-state index in [1.807, 2.05) is 0 Å². The van der Waals surface area contributed by atoms with Gasteiger partial charge in [-0.25, -0.2) is 10.1 Å². The predicted molar refractivity (Wildman–Crippen MR) is 119 cm³/mol. The highest BCUT2D eigenvalue weighted by Crippen LogP contribution is 2.23. The number of hydrogen-bond acceptors (Lipinski definition) is 9. The van der Waals surface area contributed by atoms with Crippen LogP contribution in [0.1, 0.15) is 47.9 Å². The zero-order chi connectivity index (χ0) is 22.7. The lowest BCUT2D eigenvalue weighted by molar-refractivity contribution is 0.0947. The van der Waals surface area contributed by atoms with Gasteiger partial charge in [-0.3, -0.25) is 9.69 Å². The number of rotatable bonds is 6. The maximum absolute atomic E-state index is 12.9. The van der Waals surface area contributed by atoms with Crippen LogP contribution in [0.5, 0.6) is 0 Å². The number of nitrogens with zero attached hydrogens (tertiary/aromatic N) is 7. The number of halogens is 2. The van der Waals surface area contributed by atoms with Crippen molar-refractivity contribution < 1.29 is 9.42 Å². The first-order valence-corrected chi connectivity index (χ1v) is 10.7. The van der Waals surface area contributed by atoms with Crippen LogP contribution < -0.4 is 11.2 Å². The van der Waals surface area contributed by atoms with Crippen LogP contribution in [0.25, 0.3) is 5.82 Å². The first-order chi connectivity index (χ1) is 15.4. The number of carbonyl (C=O) groups excluding carboxylic acids is 1. The van der Waals surface area contributed by atoms with Crippen molar-refractivity contribution >= 4 is 40.6 Å². The number of likely N-dealkylation sites (tertiary alicyclic amines) is 1. The molecule has 0 unspecified atom stereocenters. The molecule has 1 fully saturated rings. The summed E-state index contributed by atoms with van der Waals surface area (Å²) in [5.74, 6) is -0.285. The van der Waals surface area contributed by atoms with E-state index < -0.39 is 5.91 Å². The molecule has 1 aliphatic heterocycles. The van der Waals surface area contributed by atoms with E-state index in [9.17, 15) is 4.79 Å². The molecule has 2 aromatic heterocycles. The van der Waals surface area contributed by atoms with E-state index in [4.69, 9.17) is 33.6 Å². The van der Waals surface area contributed by atoms with Crippen LogP contribution in [-0.2, 0) is 6.54 Å². The Morgan fingerprint density at radius 1 is 1.22 bits per heavy atom. The molecule has 168 valence electrons. The number of hydrogen-bond donors (Lipinski definition) is 2. The molecule has 4 rings (SSSR count). The number of nitrogens with one attached hydrogen (secondary N) is 1. The Morgan fingerprint density at radius 2 is 2.00 bits per heavy atom. The fourth-order valence-corrected chi connectivity index (χ4v) is 3.73. The highest BCUT2D eigenvalue weighted by molar-refractivity contribution is 6.42. The van der Waals surface area contributed by atoms with Crippen LogP contribution in [0.15, 0.2) is 27.9 Å². The SMILES string of the molecule is CC(=NNC(=O)c1nnn(-c2nonc2N)c1CN1CCCCC1)c1ccc(Cl)c(Cl)c1. The molecule has 3 aromatic rings. The number of piperidine rings is 1. The summed E-state index contributed by atoms with van der Waals surface area (Å²) in [5.41, 5.74) is 10.3. The van der Waals surface area contributed by atoms with Crippen molar-refractivity contribution in [2.75, 3.05) is 18.8 Å². The van der Waals surface area contributed by atoms with Crippen molar-refractivity contribution in [3.63, 3.8) is 0 Å². The second-order valence-corrected chi connectivity index (χ2v) is 8.19. The van der Waals surface area contributed by atoms with Gasteiger partial charge in [0.05, 0.1) is 21.5 Å². The molecule has 3 N–H and O–H groups in total. The summed E-state index contributed by atoms with van der Waals surface area (Å²) in [6.45, 7) is 4.01. The number of nitrogens with two attached hydrogens (primary N) is 1. The molecule has 0 bridgehead atoms. The van der Waals surface area contributed by atoms with Crippen LogP contribution in [0.2, 0.25) is 10.0 Å². The van der Waals surface area contributed by atoms with Gasteiger partial charge in [0.15, 0.2) is 5.69 Å². The molecule has 3 heterocycles. The predicted octanol–water partition coefficient (Wildman–Crippen LogP) is 2.68. The summed E-state index contributed by atoms with van der Waals surface area (Å²) in [5, 5.41) is 20.5. The third-order valence-corrected chi connectivity index (χ3v) is 5.90. The molecule has 0 radical (unpaired) electrons. The summed E-state index contributed by atoms with van der Waals surface area (Å²) in [6, 6.07) is 5.10. The number of hydrazone groups is 1. The molecule has 1 aliphatic rings. The van der Waals surface area contributed by atoms with Gasteiger partial charge in [0.1, 0.15) is 0 Å². The zero-order valence-electron chi connectivity index (χ0n) is 17.3. The van der Waals surface area contributed by atoms with Crippen molar-refractivity contribution in [2.24, 2.45) is 5.10 Å². The molecule has 1 aromatic carbocycles. The fraction of sp³-hybridized carbons (Fsp3) is 0.368. The molecular weight excluding hydrogens is 457 g/mol. The Hall–Kier alpha value is -3.02. The van der Waals surface area contributed by atoms with Crippen LogP contribution in [-0.4, -0.2) is 54.9 Å². The number of benzene rings is 1. The average Bonchev–Trinajstić information content (AvgIpc) is 3.40. The maximum Gasteiger partial charge on any atom is 0.293 e. The minimum Gasteiger partial charge on any atom is -0.378 e. The third-order valence-electron chi connectivity index (χ3n) is 5.16. The van der Waals surface area contributed by atoms with Gasteiger partial charge in [-0.2, -0.15) is 9.78 Å². The standard InChI is InChI=1S/C19H21Cl2N9O2/c1-11(12-5-6-13(20)14(21)9-12)23-25-19(31)16-15(10-29-7-3-2-4-8-29)30(28-24-16)18-17(22)26-32-27-18/h5-6,9H,2-4,7-8,10H2,1H3,(H2,22,26)(H,25,31). The van der Waals surface area contributed by atoms with Crippen molar-refractivity contribution in [1.29, 1.82) is 0 Å².